The molecule has 70 valence electrons. The van der Waals surface area contributed by atoms with Gasteiger partial charge in [-0.15, -0.1) is 0 Å². The third kappa shape index (κ3) is 2.18. The van der Waals surface area contributed by atoms with E-state index in [1.807, 2.05) is 0 Å². The summed E-state index contributed by atoms with van der Waals surface area (Å²) in [6.07, 6.45) is 3.48. The fraction of sp³-hybridized carbons (Fsp3) is 0.333. The highest BCUT2D eigenvalue weighted by Crippen LogP contribution is 2.09. The molecule has 0 aromatic carbocycles. The van der Waals surface area contributed by atoms with Crippen molar-refractivity contribution in [2.45, 2.75) is 19.4 Å². The van der Waals surface area contributed by atoms with E-state index in [-0.39, 0.29) is 5.43 Å². The Morgan fingerprint density at radius 1 is 1.54 bits per heavy atom. The van der Waals surface area contributed by atoms with Gasteiger partial charge in [0.2, 0.25) is 0 Å². The minimum absolute atomic E-state index is 0.114. The minimum Gasteiger partial charge on any atom is -0.480 e. The molecule has 0 aliphatic carbocycles. The van der Waals surface area contributed by atoms with Crippen LogP contribution in [0.5, 0.6) is 0 Å². The maximum absolute atomic E-state index is 10.7. The highest BCUT2D eigenvalue weighted by atomic mass is 16.4. The Hall–Kier alpha value is -1.58. The molecule has 4 nitrogen and oxygen atoms in total. The second kappa shape index (κ2) is 3.89. The zero-order valence-electron chi connectivity index (χ0n) is 7.30. The van der Waals surface area contributed by atoms with E-state index >= 15 is 0 Å². The van der Waals surface area contributed by atoms with Crippen molar-refractivity contribution in [3.05, 3.63) is 34.7 Å². The number of carboxylic acids is 1. The fourth-order valence-corrected chi connectivity index (χ4v) is 1.15. The first-order chi connectivity index (χ1) is 6.15. The molecule has 0 radical (unpaired) electrons. The van der Waals surface area contributed by atoms with Gasteiger partial charge in [0.1, 0.15) is 6.04 Å². The van der Waals surface area contributed by atoms with Crippen LogP contribution in [0.25, 0.3) is 0 Å². The lowest BCUT2D eigenvalue weighted by Crippen LogP contribution is -2.18. The molecule has 1 N–H and O–H groups in total. The highest BCUT2D eigenvalue weighted by Gasteiger charge is 2.14. The first-order valence-corrected chi connectivity index (χ1v) is 4.05. The first-order valence-electron chi connectivity index (χ1n) is 4.05. The van der Waals surface area contributed by atoms with Crippen LogP contribution in [0.3, 0.4) is 0 Å². The van der Waals surface area contributed by atoms with E-state index < -0.39 is 12.0 Å². The summed E-state index contributed by atoms with van der Waals surface area (Å²) in [4.78, 5) is 21.5. The van der Waals surface area contributed by atoms with Crippen molar-refractivity contribution in [2.75, 3.05) is 0 Å². The Morgan fingerprint density at radius 3 is 2.46 bits per heavy atom. The number of pyridine rings is 1. The molecule has 0 fully saturated rings. The maximum Gasteiger partial charge on any atom is 0.326 e. The van der Waals surface area contributed by atoms with Crippen LogP contribution in [0, 0.1) is 0 Å². The molecule has 0 amide bonds. The number of carboxylic acid groups (broad SMARTS) is 1. The van der Waals surface area contributed by atoms with E-state index in [2.05, 4.69) is 0 Å². The molecule has 0 bridgehead atoms. The van der Waals surface area contributed by atoms with Gasteiger partial charge in [-0.1, -0.05) is 6.92 Å². The second-order valence-electron chi connectivity index (χ2n) is 2.74. The summed E-state index contributed by atoms with van der Waals surface area (Å²) in [6.45, 7) is 1.79. The lowest BCUT2D eigenvalue weighted by molar-refractivity contribution is -0.141. The van der Waals surface area contributed by atoms with Gasteiger partial charge in [-0.25, -0.2) is 4.79 Å². The van der Waals surface area contributed by atoms with Crippen molar-refractivity contribution in [3.63, 3.8) is 0 Å². The Balaban J connectivity index is 2.99. The van der Waals surface area contributed by atoms with Gasteiger partial charge >= 0.3 is 5.97 Å². The van der Waals surface area contributed by atoms with Crippen LogP contribution in [0.4, 0.5) is 0 Å². The summed E-state index contributed by atoms with van der Waals surface area (Å²) >= 11 is 0. The summed E-state index contributed by atoms with van der Waals surface area (Å²) < 4.78 is 1.52. The third-order valence-corrected chi connectivity index (χ3v) is 1.85. The summed E-state index contributed by atoms with van der Waals surface area (Å²) in [5, 5.41) is 8.80. The average molecular weight is 181 g/mol. The van der Waals surface area contributed by atoms with Crippen LogP contribution in [0.2, 0.25) is 0 Å². The Kier molecular flexibility index (Phi) is 2.84. The van der Waals surface area contributed by atoms with Gasteiger partial charge in [-0.05, 0) is 6.42 Å². The van der Waals surface area contributed by atoms with Gasteiger partial charge in [0, 0.05) is 24.5 Å². The Morgan fingerprint density at radius 2 is 2.08 bits per heavy atom. The van der Waals surface area contributed by atoms with Crippen LogP contribution in [-0.2, 0) is 4.79 Å². The SMILES string of the molecule is CCC(C(=O)O)n1ccc(=O)cc1. The van der Waals surface area contributed by atoms with E-state index in [9.17, 15) is 9.59 Å². The molecule has 0 spiro atoms. The molecule has 13 heavy (non-hydrogen) atoms. The standard InChI is InChI=1S/C9H11NO3/c1-2-8(9(12)13)10-5-3-7(11)4-6-10/h3-6,8H,2H2,1H3,(H,12,13). The number of rotatable bonds is 3. The lowest BCUT2D eigenvalue weighted by Gasteiger charge is -2.13. The van der Waals surface area contributed by atoms with Crippen LogP contribution in [0.15, 0.2) is 29.3 Å². The average Bonchev–Trinajstić information content (AvgIpc) is 2.09. The van der Waals surface area contributed by atoms with Gasteiger partial charge in [0.25, 0.3) is 0 Å². The zero-order chi connectivity index (χ0) is 9.84. The number of aromatic nitrogens is 1. The molecule has 1 aromatic heterocycles. The van der Waals surface area contributed by atoms with Crippen molar-refractivity contribution in [1.29, 1.82) is 0 Å². The van der Waals surface area contributed by atoms with E-state index in [0.717, 1.165) is 0 Å². The highest BCUT2D eigenvalue weighted by molar-refractivity contribution is 5.71. The summed E-state index contributed by atoms with van der Waals surface area (Å²) in [6, 6.07) is 2.12. The molecule has 1 heterocycles. The Labute approximate surface area is 75.4 Å². The smallest absolute Gasteiger partial charge is 0.326 e. The van der Waals surface area contributed by atoms with Crippen LogP contribution in [-0.4, -0.2) is 15.6 Å². The number of hydrogen-bond donors (Lipinski definition) is 1. The predicted molar refractivity (Wildman–Crippen MR) is 47.7 cm³/mol. The number of nitrogens with zero attached hydrogens (tertiary/aromatic N) is 1. The lowest BCUT2D eigenvalue weighted by atomic mass is 10.2. The number of hydrogen-bond acceptors (Lipinski definition) is 2. The minimum atomic E-state index is -0.883. The largest absolute Gasteiger partial charge is 0.480 e. The van der Waals surface area contributed by atoms with Crippen LogP contribution < -0.4 is 5.43 Å². The van der Waals surface area contributed by atoms with E-state index in [1.165, 1.54) is 29.1 Å². The zero-order valence-corrected chi connectivity index (χ0v) is 7.30. The quantitative estimate of drug-likeness (QED) is 0.753. The van der Waals surface area contributed by atoms with Crippen molar-refractivity contribution in [1.82, 2.24) is 4.57 Å². The molecule has 1 unspecified atom stereocenters. The number of aliphatic carboxylic acids is 1. The van der Waals surface area contributed by atoms with E-state index in [0.29, 0.717) is 6.42 Å². The fourth-order valence-electron chi connectivity index (χ4n) is 1.15. The molecule has 1 atom stereocenters. The van der Waals surface area contributed by atoms with Gasteiger partial charge in [0.15, 0.2) is 5.43 Å². The topological polar surface area (TPSA) is 59.3 Å². The second-order valence-corrected chi connectivity index (χ2v) is 2.74. The van der Waals surface area contributed by atoms with Crippen molar-refractivity contribution in [3.8, 4) is 0 Å². The molecular weight excluding hydrogens is 170 g/mol. The molecule has 1 rings (SSSR count). The summed E-state index contributed by atoms with van der Waals surface area (Å²) in [7, 11) is 0. The van der Waals surface area contributed by atoms with Gasteiger partial charge in [-0.3, -0.25) is 4.79 Å². The normalized spacial score (nSPS) is 12.4. The molecule has 0 saturated heterocycles. The van der Waals surface area contributed by atoms with Crippen molar-refractivity contribution in [2.24, 2.45) is 0 Å². The molecular formula is C9H11NO3. The molecule has 0 aliphatic heterocycles. The van der Waals surface area contributed by atoms with E-state index in [1.54, 1.807) is 6.92 Å². The van der Waals surface area contributed by atoms with Gasteiger partial charge < -0.3 is 9.67 Å². The predicted octanol–water partition coefficient (Wildman–Crippen LogP) is 0.884. The molecule has 0 aliphatic rings. The Bertz CT molecular complexity index is 336. The molecule has 1 aromatic rings. The molecule has 4 heteroatoms. The summed E-state index contributed by atoms with van der Waals surface area (Å²) in [5.41, 5.74) is -0.114. The maximum atomic E-state index is 10.7. The molecule has 0 saturated carbocycles. The van der Waals surface area contributed by atoms with E-state index in [4.69, 9.17) is 5.11 Å². The number of carbonyl (C=O) groups is 1. The summed E-state index contributed by atoms with van der Waals surface area (Å²) in [5.74, 6) is -0.883. The van der Waals surface area contributed by atoms with Gasteiger partial charge in [0.05, 0.1) is 0 Å². The third-order valence-electron chi connectivity index (χ3n) is 1.85. The van der Waals surface area contributed by atoms with Crippen molar-refractivity contribution >= 4 is 5.97 Å². The monoisotopic (exact) mass is 181 g/mol. The van der Waals surface area contributed by atoms with Crippen molar-refractivity contribution < 1.29 is 9.90 Å². The van der Waals surface area contributed by atoms with Crippen LogP contribution >= 0.6 is 0 Å². The van der Waals surface area contributed by atoms with Crippen LogP contribution in [0.1, 0.15) is 19.4 Å². The van der Waals surface area contributed by atoms with Gasteiger partial charge in [-0.2, -0.15) is 0 Å². The first kappa shape index (κ1) is 9.51.